The normalized spacial score (nSPS) is 17.4. The molecule has 1 aliphatic heterocycles. The number of piperazine rings is 1. The molecule has 1 fully saturated rings. The SMILES string of the molecule is CN1CCN(CCNC(=O)c2cccc(Cl)c2)CC1. The van der Waals surface area contributed by atoms with E-state index in [1.807, 2.05) is 0 Å². The van der Waals surface area contributed by atoms with Crippen LogP contribution in [0.15, 0.2) is 24.3 Å². The van der Waals surface area contributed by atoms with Crippen molar-refractivity contribution in [3.8, 4) is 0 Å². The van der Waals surface area contributed by atoms with Crippen molar-refractivity contribution in [2.45, 2.75) is 0 Å². The summed E-state index contributed by atoms with van der Waals surface area (Å²) in [7, 11) is 2.14. The Morgan fingerprint density at radius 2 is 2.05 bits per heavy atom. The van der Waals surface area contributed by atoms with Gasteiger partial charge in [0.25, 0.3) is 5.91 Å². The molecule has 1 heterocycles. The Morgan fingerprint density at radius 3 is 2.74 bits per heavy atom. The van der Waals surface area contributed by atoms with Gasteiger partial charge in [-0.25, -0.2) is 0 Å². The van der Waals surface area contributed by atoms with Crippen LogP contribution in [0.1, 0.15) is 10.4 Å². The zero-order chi connectivity index (χ0) is 13.7. The molecule has 0 bridgehead atoms. The van der Waals surface area contributed by atoms with E-state index in [2.05, 4.69) is 22.2 Å². The topological polar surface area (TPSA) is 35.6 Å². The fraction of sp³-hybridized carbons (Fsp3) is 0.500. The highest BCUT2D eigenvalue weighted by atomic mass is 35.5. The molecule has 4 nitrogen and oxygen atoms in total. The van der Waals surface area contributed by atoms with E-state index < -0.39 is 0 Å². The van der Waals surface area contributed by atoms with Gasteiger partial charge in [0, 0.05) is 49.9 Å². The van der Waals surface area contributed by atoms with E-state index in [1.165, 1.54) is 0 Å². The number of carbonyl (C=O) groups is 1. The van der Waals surface area contributed by atoms with Crippen molar-refractivity contribution < 1.29 is 4.79 Å². The number of nitrogens with one attached hydrogen (secondary N) is 1. The van der Waals surface area contributed by atoms with Crippen LogP contribution in [0.3, 0.4) is 0 Å². The molecule has 1 aromatic rings. The number of hydrogen-bond acceptors (Lipinski definition) is 3. The summed E-state index contributed by atoms with van der Waals surface area (Å²) in [6.45, 7) is 5.92. The maximum Gasteiger partial charge on any atom is 0.251 e. The molecular weight excluding hydrogens is 262 g/mol. The smallest absolute Gasteiger partial charge is 0.251 e. The summed E-state index contributed by atoms with van der Waals surface area (Å²) in [5.74, 6) is -0.0587. The summed E-state index contributed by atoms with van der Waals surface area (Å²) in [5.41, 5.74) is 0.617. The highest BCUT2D eigenvalue weighted by Crippen LogP contribution is 2.10. The molecule has 1 saturated heterocycles. The zero-order valence-electron chi connectivity index (χ0n) is 11.2. The van der Waals surface area contributed by atoms with Crippen LogP contribution in [0.2, 0.25) is 5.02 Å². The minimum atomic E-state index is -0.0587. The third kappa shape index (κ3) is 4.49. The first-order valence-corrected chi connectivity index (χ1v) is 6.97. The Morgan fingerprint density at radius 1 is 1.32 bits per heavy atom. The minimum Gasteiger partial charge on any atom is -0.351 e. The average Bonchev–Trinajstić information content (AvgIpc) is 2.41. The molecule has 1 amide bonds. The van der Waals surface area contributed by atoms with Crippen LogP contribution < -0.4 is 5.32 Å². The van der Waals surface area contributed by atoms with Gasteiger partial charge in [0.05, 0.1) is 0 Å². The quantitative estimate of drug-likeness (QED) is 0.904. The van der Waals surface area contributed by atoms with Gasteiger partial charge in [-0.05, 0) is 25.2 Å². The molecular formula is C14H20ClN3O. The molecule has 0 atom stereocenters. The fourth-order valence-electron chi connectivity index (χ4n) is 2.13. The van der Waals surface area contributed by atoms with Crippen molar-refractivity contribution in [1.29, 1.82) is 0 Å². The predicted molar refractivity (Wildman–Crippen MR) is 77.7 cm³/mol. The first kappa shape index (κ1) is 14.3. The van der Waals surface area contributed by atoms with Crippen LogP contribution in [0.4, 0.5) is 0 Å². The van der Waals surface area contributed by atoms with E-state index in [0.717, 1.165) is 32.7 Å². The lowest BCUT2D eigenvalue weighted by atomic mass is 10.2. The van der Waals surface area contributed by atoms with Gasteiger partial charge in [-0.2, -0.15) is 0 Å². The van der Waals surface area contributed by atoms with Gasteiger partial charge >= 0.3 is 0 Å². The molecule has 5 heteroatoms. The number of likely N-dealkylation sites (N-methyl/N-ethyl adjacent to an activating group) is 1. The molecule has 19 heavy (non-hydrogen) atoms. The Kier molecular flexibility index (Phi) is 5.19. The fourth-order valence-corrected chi connectivity index (χ4v) is 2.32. The number of carbonyl (C=O) groups excluding carboxylic acids is 1. The lowest BCUT2D eigenvalue weighted by Crippen LogP contribution is -2.46. The van der Waals surface area contributed by atoms with Crippen molar-refractivity contribution >= 4 is 17.5 Å². The molecule has 0 radical (unpaired) electrons. The van der Waals surface area contributed by atoms with Crippen LogP contribution >= 0.6 is 11.6 Å². The van der Waals surface area contributed by atoms with Crippen LogP contribution in [0, 0.1) is 0 Å². The highest BCUT2D eigenvalue weighted by molar-refractivity contribution is 6.30. The molecule has 1 aromatic carbocycles. The minimum absolute atomic E-state index is 0.0587. The van der Waals surface area contributed by atoms with Crippen molar-refractivity contribution in [2.75, 3.05) is 46.3 Å². The number of amides is 1. The second-order valence-electron chi connectivity index (χ2n) is 4.91. The first-order valence-electron chi connectivity index (χ1n) is 6.60. The molecule has 0 unspecified atom stereocenters. The number of halogens is 1. The van der Waals surface area contributed by atoms with E-state index in [1.54, 1.807) is 24.3 Å². The summed E-state index contributed by atoms with van der Waals surface area (Å²) in [4.78, 5) is 16.6. The maximum atomic E-state index is 11.9. The lowest BCUT2D eigenvalue weighted by molar-refractivity contribution is 0.0941. The molecule has 104 valence electrons. The van der Waals surface area contributed by atoms with Crippen LogP contribution in [-0.4, -0.2) is 62.0 Å². The van der Waals surface area contributed by atoms with Gasteiger partial charge in [0.2, 0.25) is 0 Å². The van der Waals surface area contributed by atoms with Crippen LogP contribution in [0.5, 0.6) is 0 Å². The highest BCUT2D eigenvalue weighted by Gasteiger charge is 2.13. The number of rotatable bonds is 4. The van der Waals surface area contributed by atoms with Gasteiger partial charge in [-0.1, -0.05) is 17.7 Å². The van der Waals surface area contributed by atoms with Crippen LogP contribution in [-0.2, 0) is 0 Å². The van der Waals surface area contributed by atoms with Gasteiger partial charge in [-0.3, -0.25) is 9.69 Å². The van der Waals surface area contributed by atoms with Gasteiger partial charge in [0.15, 0.2) is 0 Å². The first-order chi connectivity index (χ1) is 9.15. The van der Waals surface area contributed by atoms with Crippen molar-refractivity contribution in [3.63, 3.8) is 0 Å². The van der Waals surface area contributed by atoms with Crippen molar-refractivity contribution in [2.24, 2.45) is 0 Å². The van der Waals surface area contributed by atoms with Crippen LogP contribution in [0.25, 0.3) is 0 Å². The number of nitrogens with zero attached hydrogens (tertiary/aromatic N) is 2. The molecule has 2 rings (SSSR count). The van der Waals surface area contributed by atoms with E-state index in [-0.39, 0.29) is 5.91 Å². The largest absolute Gasteiger partial charge is 0.351 e. The Bertz CT molecular complexity index is 430. The summed E-state index contributed by atoms with van der Waals surface area (Å²) < 4.78 is 0. The van der Waals surface area contributed by atoms with Gasteiger partial charge in [-0.15, -0.1) is 0 Å². The Hall–Kier alpha value is -1.10. The van der Waals surface area contributed by atoms with E-state index in [0.29, 0.717) is 17.1 Å². The lowest BCUT2D eigenvalue weighted by Gasteiger charge is -2.32. The van der Waals surface area contributed by atoms with Crippen molar-refractivity contribution in [3.05, 3.63) is 34.9 Å². The van der Waals surface area contributed by atoms with Crippen molar-refractivity contribution in [1.82, 2.24) is 15.1 Å². The summed E-state index contributed by atoms with van der Waals surface area (Å²) in [5, 5.41) is 3.52. The van der Waals surface area contributed by atoms with E-state index >= 15 is 0 Å². The maximum absolute atomic E-state index is 11.9. The zero-order valence-corrected chi connectivity index (χ0v) is 12.0. The summed E-state index contributed by atoms with van der Waals surface area (Å²) >= 11 is 5.87. The Balaban J connectivity index is 1.72. The Labute approximate surface area is 119 Å². The second-order valence-corrected chi connectivity index (χ2v) is 5.35. The summed E-state index contributed by atoms with van der Waals surface area (Å²) in [6, 6.07) is 7.02. The monoisotopic (exact) mass is 281 g/mol. The van der Waals surface area contributed by atoms with Gasteiger partial charge < -0.3 is 10.2 Å². The predicted octanol–water partition coefficient (Wildman–Crippen LogP) is 1.32. The molecule has 0 spiro atoms. The third-order valence-corrected chi connectivity index (χ3v) is 3.63. The number of hydrogen-bond donors (Lipinski definition) is 1. The van der Waals surface area contributed by atoms with E-state index in [4.69, 9.17) is 11.6 Å². The summed E-state index contributed by atoms with van der Waals surface area (Å²) in [6.07, 6.45) is 0. The van der Waals surface area contributed by atoms with Gasteiger partial charge in [0.1, 0.15) is 0 Å². The molecule has 0 saturated carbocycles. The van der Waals surface area contributed by atoms with E-state index in [9.17, 15) is 4.79 Å². The standard InChI is InChI=1S/C14H20ClN3O/c1-17-7-9-18(10-8-17)6-5-16-14(19)12-3-2-4-13(15)11-12/h2-4,11H,5-10H2,1H3,(H,16,19). The third-order valence-electron chi connectivity index (χ3n) is 3.40. The number of benzene rings is 1. The molecule has 0 aliphatic carbocycles. The molecule has 1 N–H and O–H groups in total. The molecule has 1 aliphatic rings. The molecule has 0 aromatic heterocycles. The average molecular weight is 282 g/mol. The second kappa shape index (κ2) is 6.89.